The highest BCUT2D eigenvalue weighted by Crippen LogP contribution is 2.24. The fourth-order valence-corrected chi connectivity index (χ4v) is 8.85. The van der Waals surface area contributed by atoms with Gasteiger partial charge in [0.15, 0.2) is 0 Å². The van der Waals surface area contributed by atoms with Crippen molar-refractivity contribution < 1.29 is 33.4 Å². The molecule has 1 rings (SSSR count). The fourth-order valence-electron chi connectivity index (χ4n) is 8.85. The second kappa shape index (κ2) is 41.9. The van der Waals surface area contributed by atoms with Crippen LogP contribution in [0, 0.1) is 11.8 Å². The molecule has 0 fully saturated rings. The summed E-state index contributed by atoms with van der Waals surface area (Å²) in [5.41, 5.74) is 1.14. The van der Waals surface area contributed by atoms with Gasteiger partial charge < -0.3 is 29.3 Å². The van der Waals surface area contributed by atoms with Crippen LogP contribution >= 0.6 is 0 Å². The molecule has 0 saturated carbocycles. The van der Waals surface area contributed by atoms with E-state index in [0.29, 0.717) is 51.0 Å². The molecule has 0 bridgehead atoms. The van der Waals surface area contributed by atoms with Crippen LogP contribution in [-0.2, 0) is 33.4 Å². The lowest BCUT2D eigenvalue weighted by Crippen LogP contribution is -2.29. The first-order valence-corrected chi connectivity index (χ1v) is 27.0. The van der Waals surface area contributed by atoms with Gasteiger partial charge in [-0.15, -0.1) is 0 Å². The number of rotatable bonds is 47. The number of carbonyl (C=O) groups is 4. The maximum Gasteiger partial charge on any atom is 0.308 e. The Morgan fingerprint density at radius 2 is 1.03 bits per heavy atom. The van der Waals surface area contributed by atoms with Gasteiger partial charge in [-0.25, -0.2) is 0 Å². The zero-order valence-corrected chi connectivity index (χ0v) is 42.7. The molecule has 1 unspecified atom stereocenters. The number of Topliss-reactive ketones (excluding diaryl/α,β-unsaturated/α-hetero) is 2. The molecule has 64 heavy (non-hydrogen) atoms. The van der Waals surface area contributed by atoms with Gasteiger partial charge in [0.1, 0.15) is 5.70 Å². The average molecular weight is 904 g/mol. The summed E-state index contributed by atoms with van der Waals surface area (Å²) in [5.74, 6) is -0.130. The minimum Gasteiger partial charge on any atom is -0.466 e. The molecule has 0 heterocycles. The summed E-state index contributed by atoms with van der Waals surface area (Å²) < 4.78 is 17.5. The summed E-state index contributed by atoms with van der Waals surface area (Å²) in [6.45, 7) is 14.5. The van der Waals surface area contributed by atoms with Crippen molar-refractivity contribution in [1.29, 1.82) is 0 Å². The monoisotopic (exact) mass is 904 g/mol. The zero-order valence-electron chi connectivity index (χ0n) is 42.7. The average Bonchev–Trinajstić information content (AvgIpc) is 3.57. The van der Waals surface area contributed by atoms with E-state index < -0.39 is 5.78 Å². The number of carbonyl (C=O) groups excluding carboxylic acids is 4. The largest absolute Gasteiger partial charge is 0.466 e. The highest BCUT2D eigenvalue weighted by atomic mass is 16.5. The van der Waals surface area contributed by atoms with E-state index in [-0.39, 0.29) is 30.1 Å². The number of esters is 2. The van der Waals surface area contributed by atoms with Crippen LogP contribution in [0.5, 0.6) is 0 Å². The van der Waals surface area contributed by atoms with Gasteiger partial charge in [0.05, 0.1) is 32.2 Å². The third-order valence-corrected chi connectivity index (χ3v) is 13.0. The van der Waals surface area contributed by atoms with Crippen LogP contribution in [0.3, 0.4) is 0 Å². The van der Waals surface area contributed by atoms with Crippen LogP contribution in [0.25, 0.3) is 0 Å². The van der Waals surface area contributed by atoms with Crippen molar-refractivity contribution in [1.82, 2.24) is 15.1 Å². The smallest absolute Gasteiger partial charge is 0.308 e. The first-order valence-electron chi connectivity index (χ1n) is 27.0. The minimum absolute atomic E-state index is 0.0190. The highest BCUT2D eigenvalue weighted by molar-refractivity contribution is 6.46. The van der Waals surface area contributed by atoms with Crippen LogP contribution in [0.2, 0.25) is 0 Å². The maximum atomic E-state index is 13.2. The van der Waals surface area contributed by atoms with Crippen LogP contribution < -0.4 is 5.32 Å². The molecule has 1 N–H and O–H groups in total. The predicted molar refractivity (Wildman–Crippen MR) is 265 cm³/mol. The van der Waals surface area contributed by atoms with E-state index in [0.717, 1.165) is 102 Å². The van der Waals surface area contributed by atoms with Crippen molar-refractivity contribution in [2.75, 3.05) is 66.7 Å². The zero-order chi connectivity index (χ0) is 46.9. The van der Waals surface area contributed by atoms with Crippen LogP contribution in [0.1, 0.15) is 233 Å². The van der Waals surface area contributed by atoms with Gasteiger partial charge in [-0.05, 0) is 83.2 Å². The number of ether oxygens (including phenoxy) is 3. The first-order chi connectivity index (χ1) is 31.2. The number of nitrogens with zero attached hydrogens (tertiary/aromatic N) is 2. The van der Waals surface area contributed by atoms with E-state index in [1.54, 1.807) is 0 Å². The van der Waals surface area contributed by atoms with Gasteiger partial charge in [-0.3, -0.25) is 19.2 Å². The summed E-state index contributed by atoms with van der Waals surface area (Å²) in [6.07, 6.45) is 35.4. The minimum atomic E-state index is -0.439. The molecule has 0 amide bonds. The molecule has 1 aliphatic rings. The van der Waals surface area contributed by atoms with Gasteiger partial charge in [0.2, 0.25) is 11.6 Å². The number of hydrogen-bond donors (Lipinski definition) is 1. The van der Waals surface area contributed by atoms with Crippen LogP contribution in [0.4, 0.5) is 0 Å². The number of allylic oxidation sites excluding steroid dienone is 2. The Bertz CT molecular complexity index is 1200. The summed E-state index contributed by atoms with van der Waals surface area (Å²) in [5, 5.41) is 3.14. The van der Waals surface area contributed by atoms with Crippen molar-refractivity contribution in [3.8, 4) is 0 Å². The summed E-state index contributed by atoms with van der Waals surface area (Å²) in [4.78, 5) is 54.5. The topological polar surface area (TPSA) is 114 Å². The molecule has 10 nitrogen and oxygen atoms in total. The molecule has 0 saturated heterocycles. The standard InChI is InChI=1S/C54H101N3O7/c1-7-11-15-19-20-26-35-48(34-25-18-14-10-4)54(61)64-44-30-22-28-40-57(41-31-42-62-45-38-55-52-49(56(5)6)46-50(58)53(52)60)39-27-21-29-43-63-51(59)37-36-47(32-23-16-12-8-2)33-24-17-13-9-3/h47-48,55H,7-46H2,1-6H3. The Hall–Kier alpha value is -2.46. The van der Waals surface area contributed by atoms with Gasteiger partial charge >= 0.3 is 11.9 Å². The molecular formula is C54H101N3O7. The van der Waals surface area contributed by atoms with Gasteiger partial charge in [-0.2, -0.15) is 0 Å². The second-order valence-electron chi connectivity index (χ2n) is 19.1. The number of unbranched alkanes of at least 4 members (excludes halogenated alkanes) is 18. The first kappa shape index (κ1) is 59.6. The molecule has 0 aromatic carbocycles. The molecule has 1 aliphatic carbocycles. The Morgan fingerprint density at radius 3 is 1.59 bits per heavy atom. The van der Waals surface area contributed by atoms with Crippen molar-refractivity contribution >= 4 is 23.5 Å². The van der Waals surface area contributed by atoms with Gasteiger partial charge in [0, 0.05) is 45.9 Å². The van der Waals surface area contributed by atoms with E-state index in [2.05, 4.69) is 37.9 Å². The summed E-state index contributed by atoms with van der Waals surface area (Å²) in [7, 11) is 3.70. The highest BCUT2D eigenvalue weighted by Gasteiger charge is 2.32. The van der Waals surface area contributed by atoms with E-state index >= 15 is 0 Å². The van der Waals surface area contributed by atoms with E-state index in [1.165, 1.54) is 116 Å². The Kier molecular flexibility index (Phi) is 39.0. The molecule has 0 aliphatic heterocycles. The SMILES string of the molecule is CCCCCCCCC(CCCCCC)C(=O)OCCCCCN(CCCCCOC(=O)CCC(CCCCCC)CCCCCC)CCCOCCNC1=C(N(C)C)CC(=O)C1=O. The lowest BCUT2D eigenvalue weighted by atomic mass is 9.90. The third-order valence-electron chi connectivity index (χ3n) is 13.0. The Morgan fingerprint density at radius 1 is 0.547 bits per heavy atom. The van der Waals surface area contributed by atoms with E-state index in [1.807, 2.05) is 19.0 Å². The summed E-state index contributed by atoms with van der Waals surface area (Å²) >= 11 is 0. The molecule has 0 spiro atoms. The number of hydrogen-bond acceptors (Lipinski definition) is 10. The number of nitrogens with one attached hydrogen (secondary N) is 1. The second-order valence-corrected chi connectivity index (χ2v) is 19.1. The molecule has 0 aromatic heterocycles. The van der Waals surface area contributed by atoms with Gasteiger partial charge in [-0.1, -0.05) is 156 Å². The molecular weight excluding hydrogens is 803 g/mol. The third kappa shape index (κ3) is 31.5. The number of ketones is 2. The summed E-state index contributed by atoms with van der Waals surface area (Å²) in [6, 6.07) is 0. The van der Waals surface area contributed by atoms with E-state index in [9.17, 15) is 19.2 Å². The van der Waals surface area contributed by atoms with Crippen molar-refractivity contribution in [3.05, 3.63) is 11.4 Å². The Labute approximate surface area is 393 Å². The fraction of sp³-hybridized carbons (Fsp3) is 0.889. The Balaban J connectivity index is 2.54. The van der Waals surface area contributed by atoms with Crippen molar-refractivity contribution in [2.24, 2.45) is 11.8 Å². The lowest BCUT2D eigenvalue weighted by molar-refractivity contribution is -0.149. The molecule has 1 atom stereocenters. The maximum absolute atomic E-state index is 13.2. The predicted octanol–water partition coefficient (Wildman–Crippen LogP) is 12.7. The van der Waals surface area contributed by atoms with Crippen LogP contribution in [-0.4, -0.2) is 100 Å². The quantitative estimate of drug-likeness (QED) is 0.0360. The van der Waals surface area contributed by atoms with Crippen molar-refractivity contribution in [3.63, 3.8) is 0 Å². The van der Waals surface area contributed by atoms with Gasteiger partial charge in [0.25, 0.3) is 0 Å². The molecule has 374 valence electrons. The van der Waals surface area contributed by atoms with Crippen LogP contribution in [0.15, 0.2) is 11.4 Å². The normalized spacial score (nSPS) is 13.4. The van der Waals surface area contributed by atoms with Crippen molar-refractivity contribution in [2.45, 2.75) is 233 Å². The molecule has 0 radical (unpaired) electrons. The molecule has 10 heteroatoms. The lowest BCUT2D eigenvalue weighted by Gasteiger charge is -2.22. The van der Waals surface area contributed by atoms with E-state index in [4.69, 9.17) is 14.2 Å². The molecule has 0 aromatic rings.